The molecule has 0 fully saturated rings. The molecule has 0 saturated heterocycles. The van der Waals surface area contributed by atoms with Crippen molar-refractivity contribution in [3.05, 3.63) is 111 Å². The zero-order valence-corrected chi connectivity index (χ0v) is 22.0. The number of ketones is 2. The van der Waals surface area contributed by atoms with Gasteiger partial charge in [-0.1, -0.05) is 43.0 Å². The van der Waals surface area contributed by atoms with E-state index in [1.807, 2.05) is 0 Å². The van der Waals surface area contributed by atoms with Gasteiger partial charge in [0.15, 0.2) is 11.6 Å². The van der Waals surface area contributed by atoms with E-state index in [1.165, 1.54) is 42.5 Å². The molecule has 0 saturated carbocycles. The average Bonchev–Trinajstić information content (AvgIpc) is 2.97. The average molecular weight is 560 g/mol. The maximum absolute atomic E-state index is 13.8. The molecule has 0 heterocycles. The fraction of sp³-hybridized carbons (Fsp3) is 0.267. The molecular formula is C30H27N2O9-. The minimum absolute atomic E-state index is 0.0210. The van der Waals surface area contributed by atoms with E-state index in [0.717, 1.165) is 18.6 Å². The number of hydrogen-bond acceptors (Lipinski definition) is 10. The summed E-state index contributed by atoms with van der Waals surface area (Å²) in [5.74, 6) is -3.82. The van der Waals surface area contributed by atoms with E-state index < -0.39 is 56.7 Å². The van der Waals surface area contributed by atoms with Crippen molar-refractivity contribution in [1.82, 2.24) is 0 Å². The molecule has 212 valence electrons. The molecule has 0 aromatic heterocycles. The Hall–Kier alpha value is -4.90. The van der Waals surface area contributed by atoms with Crippen molar-refractivity contribution in [2.45, 2.75) is 37.3 Å². The van der Waals surface area contributed by atoms with Crippen molar-refractivity contribution in [3.8, 4) is 5.75 Å². The molecule has 2 aliphatic rings. The lowest BCUT2D eigenvalue weighted by Gasteiger charge is -2.37. The van der Waals surface area contributed by atoms with Crippen LogP contribution in [0.5, 0.6) is 5.75 Å². The van der Waals surface area contributed by atoms with Crippen LogP contribution in [0.2, 0.25) is 0 Å². The van der Waals surface area contributed by atoms with Gasteiger partial charge in [0, 0.05) is 39.3 Å². The number of carboxylic acid groups (broad SMARTS) is 1. The normalized spacial score (nSPS) is 19.5. The van der Waals surface area contributed by atoms with Gasteiger partial charge < -0.3 is 25.1 Å². The van der Waals surface area contributed by atoms with Gasteiger partial charge >= 0.3 is 5.97 Å². The quantitative estimate of drug-likeness (QED) is 0.133. The van der Waals surface area contributed by atoms with Crippen molar-refractivity contribution in [3.63, 3.8) is 0 Å². The Morgan fingerprint density at radius 3 is 2.22 bits per heavy atom. The first-order valence-corrected chi connectivity index (χ1v) is 12.9. The second-order valence-electron chi connectivity index (χ2n) is 9.51. The molecule has 41 heavy (non-hydrogen) atoms. The molecule has 2 N–H and O–H groups in total. The van der Waals surface area contributed by atoms with Gasteiger partial charge in [-0.25, -0.2) is 4.79 Å². The summed E-state index contributed by atoms with van der Waals surface area (Å²) in [6.45, 7) is 3.73. The Morgan fingerprint density at radius 1 is 0.976 bits per heavy atom. The van der Waals surface area contributed by atoms with Gasteiger partial charge in [-0.2, -0.15) is 0 Å². The number of para-hydroxylation sites is 1. The number of esters is 1. The van der Waals surface area contributed by atoms with Crippen LogP contribution in [0.25, 0.3) is 0 Å². The predicted octanol–water partition coefficient (Wildman–Crippen LogP) is 2.22. The Labute approximate surface area is 235 Å². The van der Waals surface area contributed by atoms with Crippen LogP contribution in [-0.4, -0.2) is 47.7 Å². The van der Waals surface area contributed by atoms with Crippen LogP contribution in [0, 0.1) is 10.1 Å². The minimum Gasteiger partial charge on any atom is -0.545 e. The number of nitro groups is 1. The molecular weight excluding hydrogens is 532 g/mol. The fourth-order valence-electron chi connectivity index (χ4n) is 5.13. The summed E-state index contributed by atoms with van der Waals surface area (Å²) in [5, 5.41) is 25.1. The summed E-state index contributed by atoms with van der Waals surface area (Å²) in [5.41, 5.74) is 1.70. The number of fused-ring (bicyclic) bond motifs is 1. The maximum atomic E-state index is 13.8. The number of nitrogens with two attached hydrogens (primary N) is 1. The van der Waals surface area contributed by atoms with E-state index in [0.29, 0.717) is 19.3 Å². The summed E-state index contributed by atoms with van der Waals surface area (Å²) in [7, 11) is 0. The van der Waals surface area contributed by atoms with Gasteiger partial charge in [0.05, 0.1) is 36.4 Å². The van der Waals surface area contributed by atoms with Gasteiger partial charge in [-0.15, -0.1) is 0 Å². The number of carbonyl (C=O) groups is 4. The SMILES string of the molecule is C=CC(=O)OCCCCCCOc1ccccc1C1([N+](=O)[O-])C=C(C(=O)[O-])C(N)C2=C1C(=O)c1ccccc1C2=O. The summed E-state index contributed by atoms with van der Waals surface area (Å²) in [6, 6.07) is 10.1. The number of aliphatic carboxylic acids is 1. The smallest absolute Gasteiger partial charge is 0.330 e. The first kappa shape index (κ1) is 29.1. The highest BCUT2D eigenvalue weighted by atomic mass is 16.6. The molecule has 2 atom stereocenters. The lowest BCUT2D eigenvalue weighted by atomic mass is 9.65. The van der Waals surface area contributed by atoms with Crippen molar-refractivity contribution in [2.75, 3.05) is 13.2 Å². The molecule has 2 unspecified atom stereocenters. The number of hydrogen-bond donors (Lipinski definition) is 1. The van der Waals surface area contributed by atoms with Crippen LogP contribution in [0.1, 0.15) is 52.0 Å². The Morgan fingerprint density at radius 2 is 1.59 bits per heavy atom. The van der Waals surface area contributed by atoms with E-state index in [2.05, 4.69) is 6.58 Å². The molecule has 0 bridgehead atoms. The molecule has 0 aliphatic heterocycles. The fourth-order valence-corrected chi connectivity index (χ4v) is 5.13. The Bertz CT molecular complexity index is 1510. The van der Waals surface area contributed by atoms with Gasteiger partial charge in [0.1, 0.15) is 5.75 Å². The number of carboxylic acids is 1. The van der Waals surface area contributed by atoms with Crippen LogP contribution >= 0.6 is 0 Å². The molecule has 0 amide bonds. The number of rotatable bonds is 12. The molecule has 0 radical (unpaired) electrons. The highest BCUT2D eigenvalue weighted by molar-refractivity contribution is 6.29. The first-order chi connectivity index (χ1) is 19.6. The zero-order valence-electron chi connectivity index (χ0n) is 22.0. The maximum Gasteiger partial charge on any atom is 0.330 e. The van der Waals surface area contributed by atoms with E-state index in [-0.39, 0.29) is 35.7 Å². The van der Waals surface area contributed by atoms with E-state index in [9.17, 15) is 34.4 Å². The molecule has 0 spiro atoms. The topological polar surface area (TPSA) is 179 Å². The van der Waals surface area contributed by atoms with E-state index in [4.69, 9.17) is 15.2 Å². The third-order valence-electron chi connectivity index (χ3n) is 7.08. The van der Waals surface area contributed by atoms with Gasteiger partial charge in [0.2, 0.25) is 0 Å². The van der Waals surface area contributed by atoms with Gasteiger partial charge in [0.25, 0.3) is 5.54 Å². The van der Waals surface area contributed by atoms with E-state index >= 15 is 0 Å². The van der Waals surface area contributed by atoms with Crippen LogP contribution < -0.4 is 15.6 Å². The monoisotopic (exact) mass is 559 g/mol. The Balaban J connectivity index is 1.71. The summed E-state index contributed by atoms with van der Waals surface area (Å²) >= 11 is 0. The summed E-state index contributed by atoms with van der Waals surface area (Å²) < 4.78 is 10.8. The molecule has 11 heteroatoms. The van der Waals surface area contributed by atoms with Gasteiger partial charge in [-0.3, -0.25) is 19.7 Å². The Kier molecular flexibility index (Phi) is 8.58. The second kappa shape index (κ2) is 12.1. The third-order valence-corrected chi connectivity index (χ3v) is 7.08. The van der Waals surface area contributed by atoms with Crippen molar-refractivity contribution in [2.24, 2.45) is 5.73 Å². The molecule has 2 aliphatic carbocycles. The van der Waals surface area contributed by atoms with Gasteiger partial charge in [-0.05, 0) is 37.8 Å². The number of carbonyl (C=O) groups excluding carboxylic acids is 4. The van der Waals surface area contributed by atoms with Crippen LogP contribution in [0.3, 0.4) is 0 Å². The van der Waals surface area contributed by atoms with E-state index in [1.54, 1.807) is 6.07 Å². The largest absolute Gasteiger partial charge is 0.545 e. The number of benzene rings is 2. The number of ether oxygens (including phenoxy) is 2. The lowest BCUT2D eigenvalue weighted by molar-refractivity contribution is -0.551. The number of Topliss-reactive ketones (excluding diaryl/α,β-unsaturated/α-hetero) is 2. The molecule has 2 aromatic rings. The van der Waals surface area contributed by atoms with Crippen LogP contribution in [-0.2, 0) is 19.9 Å². The third kappa shape index (κ3) is 5.31. The van der Waals surface area contributed by atoms with Crippen molar-refractivity contribution in [1.29, 1.82) is 0 Å². The van der Waals surface area contributed by atoms with Crippen LogP contribution in [0.4, 0.5) is 0 Å². The van der Waals surface area contributed by atoms with Crippen LogP contribution in [0.15, 0.2) is 84.0 Å². The summed E-state index contributed by atoms with van der Waals surface area (Å²) in [6.07, 6.45) is 4.50. The lowest BCUT2D eigenvalue weighted by Crippen LogP contribution is -2.52. The van der Waals surface area contributed by atoms with Crippen molar-refractivity contribution < 1.29 is 38.7 Å². The summed E-state index contributed by atoms with van der Waals surface area (Å²) in [4.78, 5) is 62.8. The minimum atomic E-state index is -2.59. The van der Waals surface area contributed by atoms with Crippen molar-refractivity contribution >= 4 is 23.5 Å². The first-order valence-electron chi connectivity index (χ1n) is 12.9. The molecule has 2 aromatic carbocycles. The highest BCUT2D eigenvalue weighted by Crippen LogP contribution is 2.49. The number of nitrogens with zero attached hydrogens (tertiary/aromatic N) is 1. The number of unbranched alkanes of at least 4 members (excludes halogenated alkanes) is 3. The molecule has 4 rings (SSSR count). The second-order valence-corrected chi connectivity index (χ2v) is 9.51. The standard InChI is InChI=1S/C30H28N2O9/c1-2-23(33)41-16-10-4-3-9-15-40-22-14-8-7-13-21(22)30(32(38)39)17-20(29(36)37)26(31)24-25(30)28(35)19-12-6-5-11-18(19)27(24)34/h2,5-8,11-14,17,26H,1,3-4,9-10,15-16,31H2,(H,36,37)/p-1. The zero-order chi connectivity index (χ0) is 29.7. The molecule has 11 nitrogen and oxygen atoms in total. The predicted molar refractivity (Wildman–Crippen MR) is 143 cm³/mol. The highest BCUT2D eigenvalue weighted by Gasteiger charge is 2.59.